The number of benzene rings is 2. The fraction of sp³-hybridized carbons (Fsp3) is 0.391. The molecule has 0 aliphatic rings. The minimum Gasteiger partial charge on any atom is -0.483 e. The monoisotopic (exact) mass is 416 g/mol. The fourth-order valence-electron chi connectivity index (χ4n) is 3.10. The number of rotatable bonds is 9. The number of carbonyl (C=O) groups excluding carboxylic acids is 2. The maximum Gasteiger partial charge on any atom is 0.261 e. The van der Waals surface area contributed by atoms with E-state index in [9.17, 15) is 9.59 Å². The summed E-state index contributed by atoms with van der Waals surface area (Å²) < 4.78 is 5.81. The molecule has 0 bridgehead atoms. The summed E-state index contributed by atoms with van der Waals surface area (Å²) in [6.07, 6.45) is 0.509. The molecule has 1 N–H and O–H groups in total. The van der Waals surface area contributed by atoms with Gasteiger partial charge in [0.1, 0.15) is 11.8 Å². The normalized spacial score (nSPS) is 11.6. The Balaban J connectivity index is 2.21. The number of hydrogen-bond donors (Lipinski definition) is 1. The third-order valence-electron chi connectivity index (χ3n) is 4.91. The van der Waals surface area contributed by atoms with E-state index in [-0.39, 0.29) is 18.4 Å². The third-order valence-corrected chi connectivity index (χ3v) is 5.16. The van der Waals surface area contributed by atoms with Gasteiger partial charge < -0.3 is 15.0 Å². The van der Waals surface area contributed by atoms with Crippen LogP contribution in [-0.4, -0.2) is 35.9 Å². The molecule has 0 aliphatic carbocycles. The molecule has 0 saturated heterocycles. The number of amides is 2. The SMILES string of the molecule is CCNC(=O)C(CC)N(Cc1ccc(Cl)cc1)C(=O)COc1cccc(C)c1C. The number of hydrogen-bond acceptors (Lipinski definition) is 3. The van der Waals surface area contributed by atoms with Crippen LogP contribution in [0.4, 0.5) is 0 Å². The molecule has 29 heavy (non-hydrogen) atoms. The van der Waals surface area contributed by atoms with Crippen LogP contribution in [0.1, 0.15) is 37.0 Å². The Labute approximate surface area is 178 Å². The van der Waals surface area contributed by atoms with E-state index >= 15 is 0 Å². The molecule has 2 aromatic rings. The molecule has 0 fully saturated rings. The molecule has 0 spiro atoms. The van der Waals surface area contributed by atoms with E-state index in [1.54, 1.807) is 17.0 Å². The molecule has 0 saturated carbocycles. The van der Waals surface area contributed by atoms with Gasteiger partial charge in [0.15, 0.2) is 6.61 Å². The van der Waals surface area contributed by atoms with Crippen LogP contribution in [0.25, 0.3) is 0 Å². The Hall–Kier alpha value is -2.53. The molecule has 2 rings (SSSR count). The van der Waals surface area contributed by atoms with E-state index in [1.165, 1.54) is 0 Å². The van der Waals surface area contributed by atoms with Crippen LogP contribution in [0.3, 0.4) is 0 Å². The number of nitrogens with one attached hydrogen (secondary N) is 1. The van der Waals surface area contributed by atoms with Crippen molar-refractivity contribution in [2.45, 2.75) is 46.7 Å². The Bertz CT molecular complexity index is 837. The van der Waals surface area contributed by atoms with Crippen molar-refractivity contribution < 1.29 is 14.3 Å². The number of aryl methyl sites for hydroxylation is 1. The second-order valence-corrected chi connectivity index (χ2v) is 7.39. The first-order valence-electron chi connectivity index (χ1n) is 9.88. The van der Waals surface area contributed by atoms with Gasteiger partial charge in [0.05, 0.1) is 0 Å². The lowest BCUT2D eigenvalue weighted by molar-refractivity contribution is -0.142. The van der Waals surface area contributed by atoms with E-state index < -0.39 is 6.04 Å². The van der Waals surface area contributed by atoms with Gasteiger partial charge in [-0.2, -0.15) is 0 Å². The van der Waals surface area contributed by atoms with Crippen molar-refractivity contribution >= 4 is 23.4 Å². The Kier molecular flexibility index (Phi) is 8.52. The lowest BCUT2D eigenvalue weighted by Gasteiger charge is -2.30. The van der Waals surface area contributed by atoms with Crippen LogP contribution in [0.2, 0.25) is 5.02 Å². The Morgan fingerprint density at radius 2 is 1.79 bits per heavy atom. The first-order valence-corrected chi connectivity index (χ1v) is 10.3. The van der Waals surface area contributed by atoms with Gasteiger partial charge in [-0.25, -0.2) is 0 Å². The van der Waals surface area contributed by atoms with Crippen LogP contribution in [0, 0.1) is 13.8 Å². The maximum absolute atomic E-state index is 13.1. The van der Waals surface area contributed by atoms with E-state index in [4.69, 9.17) is 16.3 Å². The quantitative estimate of drug-likeness (QED) is 0.663. The van der Waals surface area contributed by atoms with Crippen molar-refractivity contribution in [3.63, 3.8) is 0 Å². The van der Waals surface area contributed by atoms with Gasteiger partial charge >= 0.3 is 0 Å². The minimum absolute atomic E-state index is 0.131. The molecule has 0 aromatic heterocycles. The molecule has 1 unspecified atom stereocenters. The molecule has 156 valence electrons. The van der Waals surface area contributed by atoms with E-state index in [0.29, 0.717) is 30.3 Å². The number of carbonyl (C=O) groups is 2. The lowest BCUT2D eigenvalue weighted by atomic mass is 10.1. The summed E-state index contributed by atoms with van der Waals surface area (Å²) in [5.74, 6) is 0.277. The standard InChI is InChI=1S/C23H29ClN2O3/c1-5-20(23(28)25-6-2)26(14-18-10-12-19(24)13-11-18)22(27)15-29-21-9-7-8-16(3)17(21)4/h7-13,20H,5-6,14-15H2,1-4H3,(H,25,28). The topological polar surface area (TPSA) is 58.6 Å². The van der Waals surface area contributed by atoms with Crippen molar-refractivity contribution in [1.29, 1.82) is 0 Å². The molecule has 6 heteroatoms. The van der Waals surface area contributed by atoms with E-state index in [1.807, 2.05) is 58.0 Å². The summed E-state index contributed by atoms with van der Waals surface area (Å²) in [6, 6.07) is 12.5. The molecular weight excluding hydrogens is 388 g/mol. The van der Waals surface area contributed by atoms with Crippen LogP contribution < -0.4 is 10.1 Å². The predicted molar refractivity (Wildman–Crippen MR) is 116 cm³/mol. The van der Waals surface area contributed by atoms with Gasteiger partial charge in [-0.1, -0.05) is 42.8 Å². The van der Waals surface area contributed by atoms with Gasteiger partial charge in [-0.3, -0.25) is 9.59 Å². The maximum atomic E-state index is 13.1. The molecule has 1 atom stereocenters. The van der Waals surface area contributed by atoms with Crippen molar-refractivity contribution in [2.24, 2.45) is 0 Å². The molecule has 2 aromatic carbocycles. The average Bonchev–Trinajstić information content (AvgIpc) is 2.70. The summed E-state index contributed by atoms with van der Waals surface area (Å²) in [4.78, 5) is 27.2. The van der Waals surface area contributed by atoms with Crippen LogP contribution >= 0.6 is 11.6 Å². The third kappa shape index (κ3) is 6.23. The zero-order valence-electron chi connectivity index (χ0n) is 17.5. The summed E-state index contributed by atoms with van der Waals surface area (Å²) in [5, 5.41) is 3.45. The summed E-state index contributed by atoms with van der Waals surface area (Å²) >= 11 is 5.97. The smallest absolute Gasteiger partial charge is 0.261 e. The van der Waals surface area contributed by atoms with Crippen molar-refractivity contribution in [2.75, 3.05) is 13.2 Å². The molecule has 2 amide bonds. The number of nitrogens with zero attached hydrogens (tertiary/aromatic N) is 1. The van der Waals surface area contributed by atoms with Crippen LogP contribution in [0.5, 0.6) is 5.75 Å². The number of ether oxygens (including phenoxy) is 1. The van der Waals surface area contributed by atoms with Gasteiger partial charge in [0.2, 0.25) is 5.91 Å². The highest BCUT2D eigenvalue weighted by Gasteiger charge is 2.28. The van der Waals surface area contributed by atoms with Crippen LogP contribution in [0.15, 0.2) is 42.5 Å². The van der Waals surface area contributed by atoms with Crippen LogP contribution in [-0.2, 0) is 16.1 Å². The van der Waals surface area contributed by atoms with Gasteiger partial charge in [-0.15, -0.1) is 0 Å². The highest BCUT2D eigenvalue weighted by Crippen LogP contribution is 2.21. The molecule has 0 aliphatic heterocycles. The fourth-order valence-corrected chi connectivity index (χ4v) is 3.23. The zero-order chi connectivity index (χ0) is 21.4. The minimum atomic E-state index is -0.569. The summed E-state index contributed by atoms with van der Waals surface area (Å²) in [7, 11) is 0. The molecule has 0 heterocycles. The largest absolute Gasteiger partial charge is 0.483 e. The zero-order valence-corrected chi connectivity index (χ0v) is 18.3. The second kappa shape index (κ2) is 10.9. The average molecular weight is 417 g/mol. The first-order chi connectivity index (χ1) is 13.9. The number of likely N-dealkylation sites (N-methyl/N-ethyl adjacent to an activating group) is 1. The molecule has 5 nitrogen and oxygen atoms in total. The second-order valence-electron chi connectivity index (χ2n) is 6.95. The van der Waals surface area contributed by atoms with Gasteiger partial charge in [0.25, 0.3) is 5.91 Å². The van der Waals surface area contributed by atoms with Crippen molar-refractivity contribution in [3.8, 4) is 5.75 Å². The summed E-state index contributed by atoms with van der Waals surface area (Å²) in [5.41, 5.74) is 3.00. The van der Waals surface area contributed by atoms with Crippen molar-refractivity contribution in [1.82, 2.24) is 10.2 Å². The highest BCUT2D eigenvalue weighted by atomic mass is 35.5. The Morgan fingerprint density at radius 1 is 1.10 bits per heavy atom. The molecule has 0 radical (unpaired) electrons. The highest BCUT2D eigenvalue weighted by molar-refractivity contribution is 6.30. The van der Waals surface area contributed by atoms with E-state index in [2.05, 4.69) is 5.32 Å². The first kappa shape index (κ1) is 22.8. The van der Waals surface area contributed by atoms with Gasteiger partial charge in [-0.05, 0) is 62.1 Å². The van der Waals surface area contributed by atoms with E-state index in [0.717, 1.165) is 16.7 Å². The Morgan fingerprint density at radius 3 is 2.41 bits per heavy atom. The lowest BCUT2D eigenvalue weighted by Crippen LogP contribution is -2.50. The predicted octanol–water partition coefficient (Wildman–Crippen LogP) is 4.28. The van der Waals surface area contributed by atoms with Gasteiger partial charge in [0, 0.05) is 18.1 Å². The molecular formula is C23H29ClN2O3. The summed E-state index contributed by atoms with van der Waals surface area (Å²) in [6.45, 7) is 8.41. The van der Waals surface area contributed by atoms with Crippen molar-refractivity contribution in [3.05, 3.63) is 64.2 Å². The number of halogens is 1.